The van der Waals surface area contributed by atoms with Crippen molar-refractivity contribution in [1.29, 1.82) is 0 Å². The first-order valence-corrected chi connectivity index (χ1v) is 8.93. The van der Waals surface area contributed by atoms with Gasteiger partial charge in [0.1, 0.15) is 0 Å². The highest BCUT2D eigenvalue weighted by molar-refractivity contribution is 5.25. The lowest BCUT2D eigenvalue weighted by Crippen LogP contribution is -2.21. The van der Waals surface area contributed by atoms with E-state index in [2.05, 4.69) is 57.3 Å². The standard InChI is InChI=1S/C20H35N/c1-5-6-7-8-9-14-21-16-18(4)20-12-10-19(11-13-20)15-17(2)3/h10-13,17-18,21H,5-9,14-16H2,1-4H3. The summed E-state index contributed by atoms with van der Waals surface area (Å²) in [4.78, 5) is 0. The van der Waals surface area contributed by atoms with Gasteiger partial charge in [-0.1, -0.05) is 77.6 Å². The van der Waals surface area contributed by atoms with Gasteiger partial charge in [-0.25, -0.2) is 0 Å². The second-order valence-corrected chi connectivity index (χ2v) is 6.86. The van der Waals surface area contributed by atoms with Crippen molar-refractivity contribution in [2.75, 3.05) is 13.1 Å². The summed E-state index contributed by atoms with van der Waals surface area (Å²) in [6.45, 7) is 11.4. The summed E-state index contributed by atoms with van der Waals surface area (Å²) in [6, 6.07) is 9.23. The van der Waals surface area contributed by atoms with E-state index in [0.29, 0.717) is 5.92 Å². The molecule has 1 unspecified atom stereocenters. The predicted octanol–water partition coefficient (Wildman–Crippen LogP) is 5.55. The third kappa shape index (κ3) is 8.26. The third-order valence-corrected chi connectivity index (χ3v) is 4.10. The molecule has 0 saturated carbocycles. The lowest BCUT2D eigenvalue weighted by Gasteiger charge is -2.14. The first-order valence-electron chi connectivity index (χ1n) is 8.93. The average molecular weight is 290 g/mol. The number of hydrogen-bond donors (Lipinski definition) is 1. The van der Waals surface area contributed by atoms with Gasteiger partial charge in [-0.2, -0.15) is 0 Å². The maximum Gasteiger partial charge on any atom is 0.00174 e. The van der Waals surface area contributed by atoms with Crippen molar-refractivity contribution in [2.45, 2.75) is 72.1 Å². The maximum absolute atomic E-state index is 3.61. The molecule has 0 aromatic heterocycles. The second-order valence-electron chi connectivity index (χ2n) is 6.86. The molecular weight excluding hydrogens is 254 g/mol. The fourth-order valence-corrected chi connectivity index (χ4v) is 2.74. The van der Waals surface area contributed by atoms with Crippen molar-refractivity contribution < 1.29 is 0 Å². The minimum Gasteiger partial charge on any atom is -0.316 e. The molecule has 1 nitrogen and oxygen atoms in total. The van der Waals surface area contributed by atoms with E-state index in [-0.39, 0.29) is 0 Å². The van der Waals surface area contributed by atoms with Crippen LogP contribution in [-0.2, 0) is 6.42 Å². The van der Waals surface area contributed by atoms with Crippen LogP contribution in [0.15, 0.2) is 24.3 Å². The van der Waals surface area contributed by atoms with Crippen LogP contribution in [0.25, 0.3) is 0 Å². The van der Waals surface area contributed by atoms with Gasteiger partial charge in [0.25, 0.3) is 0 Å². The molecule has 0 radical (unpaired) electrons. The highest BCUT2D eigenvalue weighted by Crippen LogP contribution is 2.17. The number of unbranched alkanes of at least 4 members (excludes halogenated alkanes) is 4. The van der Waals surface area contributed by atoms with Crippen molar-refractivity contribution in [3.05, 3.63) is 35.4 Å². The Balaban J connectivity index is 2.21. The highest BCUT2D eigenvalue weighted by Gasteiger charge is 2.05. The second kappa shape index (κ2) is 10.8. The number of benzene rings is 1. The van der Waals surface area contributed by atoms with E-state index in [9.17, 15) is 0 Å². The summed E-state index contributed by atoms with van der Waals surface area (Å²) in [5, 5.41) is 3.61. The van der Waals surface area contributed by atoms with Gasteiger partial charge >= 0.3 is 0 Å². The van der Waals surface area contributed by atoms with Crippen molar-refractivity contribution in [3.63, 3.8) is 0 Å². The third-order valence-electron chi connectivity index (χ3n) is 4.10. The first kappa shape index (κ1) is 18.2. The minimum atomic E-state index is 0.605. The molecular formula is C20H35N. The molecule has 120 valence electrons. The van der Waals surface area contributed by atoms with E-state index in [1.165, 1.54) is 56.2 Å². The molecule has 0 fully saturated rings. The Hall–Kier alpha value is -0.820. The molecule has 0 aliphatic carbocycles. The number of hydrogen-bond acceptors (Lipinski definition) is 1. The number of rotatable bonds is 11. The SMILES string of the molecule is CCCCCCCNCC(C)c1ccc(CC(C)C)cc1. The van der Waals surface area contributed by atoms with Crippen LogP contribution in [-0.4, -0.2) is 13.1 Å². The van der Waals surface area contributed by atoms with Gasteiger partial charge < -0.3 is 5.32 Å². The molecule has 1 N–H and O–H groups in total. The highest BCUT2D eigenvalue weighted by atomic mass is 14.8. The fourth-order valence-electron chi connectivity index (χ4n) is 2.74. The van der Waals surface area contributed by atoms with Crippen LogP contribution in [0, 0.1) is 5.92 Å². The Labute approximate surface area is 132 Å². The van der Waals surface area contributed by atoms with Gasteiger partial charge in [0, 0.05) is 6.54 Å². The molecule has 0 bridgehead atoms. The van der Waals surface area contributed by atoms with Gasteiger partial charge in [0.15, 0.2) is 0 Å². The summed E-state index contributed by atoms with van der Waals surface area (Å²) in [6.07, 6.45) is 7.99. The van der Waals surface area contributed by atoms with Gasteiger partial charge in [-0.15, -0.1) is 0 Å². The van der Waals surface area contributed by atoms with E-state index < -0.39 is 0 Å². The minimum absolute atomic E-state index is 0.605. The first-order chi connectivity index (χ1) is 10.1. The topological polar surface area (TPSA) is 12.0 Å². The average Bonchev–Trinajstić information content (AvgIpc) is 2.46. The largest absolute Gasteiger partial charge is 0.316 e. The molecule has 1 aromatic carbocycles. The van der Waals surface area contributed by atoms with E-state index in [0.717, 1.165) is 12.5 Å². The maximum atomic E-state index is 3.61. The monoisotopic (exact) mass is 289 g/mol. The molecule has 1 atom stereocenters. The van der Waals surface area contributed by atoms with Crippen LogP contribution in [0.2, 0.25) is 0 Å². The Morgan fingerprint density at radius 2 is 1.57 bits per heavy atom. The van der Waals surface area contributed by atoms with Crippen molar-refractivity contribution in [2.24, 2.45) is 5.92 Å². The number of nitrogens with one attached hydrogen (secondary N) is 1. The molecule has 0 aliphatic rings. The summed E-state index contributed by atoms with van der Waals surface area (Å²) in [5.74, 6) is 1.34. The van der Waals surface area contributed by atoms with E-state index in [1.807, 2.05) is 0 Å². The molecule has 0 spiro atoms. The fraction of sp³-hybridized carbons (Fsp3) is 0.700. The van der Waals surface area contributed by atoms with E-state index in [1.54, 1.807) is 0 Å². The van der Waals surface area contributed by atoms with Crippen molar-refractivity contribution >= 4 is 0 Å². The molecule has 0 heterocycles. The van der Waals surface area contributed by atoms with Gasteiger partial charge in [-0.3, -0.25) is 0 Å². The summed E-state index contributed by atoms with van der Waals surface area (Å²) in [7, 11) is 0. The summed E-state index contributed by atoms with van der Waals surface area (Å²) < 4.78 is 0. The van der Waals surface area contributed by atoms with Gasteiger partial charge in [-0.05, 0) is 42.3 Å². The zero-order chi connectivity index (χ0) is 15.5. The summed E-state index contributed by atoms with van der Waals surface area (Å²) >= 11 is 0. The van der Waals surface area contributed by atoms with Crippen LogP contribution in [0.3, 0.4) is 0 Å². The smallest absolute Gasteiger partial charge is 0.00174 e. The Bertz CT molecular complexity index is 353. The van der Waals surface area contributed by atoms with Crippen LogP contribution < -0.4 is 5.32 Å². The van der Waals surface area contributed by atoms with E-state index >= 15 is 0 Å². The zero-order valence-electron chi connectivity index (χ0n) is 14.6. The molecule has 0 saturated heterocycles. The molecule has 21 heavy (non-hydrogen) atoms. The van der Waals surface area contributed by atoms with E-state index in [4.69, 9.17) is 0 Å². The Kier molecular flexibility index (Phi) is 9.41. The molecule has 1 rings (SSSR count). The molecule has 1 heteroatoms. The van der Waals surface area contributed by atoms with Crippen LogP contribution in [0.1, 0.15) is 76.8 Å². The van der Waals surface area contributed by atoms with Crippen molar-refractivity contribution in [3.8, 4) is 0 Å². The summed E-state index contributed by atoms with van der Waals surface area (Å²) in [5.41, 5.74) is 2.92. The van der Waals surface area contributed by atoms with Crippen molar-refractivity contribution in [1.82, 2.24) is 5.32 Å². The Morgan fingerprint density at radius 1 is 0.905 bits per heavy atom. The lowest BCUT2D eigenvalue weighted by molar-refractivity contribution is 0.560. The van der Waals surface area contributed by atoms with Crippen LogP contribution in [0.4, 0.5) is 0 Å². The quantitative estimate of drug-likeness (QED) is 0.527. The Morgan fingerprint density at radius 3 is 2.19 bits per heavy atom. The van der Waals surface area contributed by atoms with Crippen LogP contribution in [0.5, 0.6) is 0 Å². The van der Waals surface area contributed by atoms with Gasteiger partial charge in [0.05, 0.1) is 0 Å². The molecule has 0 amide bonds. The normalized spacial score (nSPS) is 12.8. The van der Waals surface area contributed by atoms with Crippen LogP contribution >= 0.6 is 0 Å². The lowest BCUT2D eigenvalue weighted by atomic mass is 9.97. The zero-order valence-corrected chi connectivity index (χ0v) is 14.6. The molecule has 1 aromatic rings. The van der Waals surface area contributed by atoms with Gasteiger partial charge in [0.2, 0.25) is 0 Å². The predicted molar refractivity (Wildman–Crippen MR) is 95.0 cm³/mol. The molecule has 0 aliphatic heterocycles.